The van der Waals surface area contributed by atoms with Crippen molar-refractivity contribution in [3.8, 4) is 5.75 Å². The van der Waals surface area contributed by atoms with E-state index in [1.54, 1.807) is 12.1 Å². The lowest BCUT2D eigenvalue weighted by molar-refractivity contribution is 0.0297. The Kier molecular flexibility index (Phi) is 8.14. The molecule has 0 fully saturated rings. The van der Waals surface area contributed by atoms with E-state index in [1.165, 1.54) is 4.90 Å². The van der Waals surface area contributed by atoms with E-state index in [2.05, 4.69) is 0 Å². The number of nitrogens with two attached hydrogens (primary N) is 1. The summed E-state index contributed by atoms with van der Waals surface area (Å²) in [5.41, 5.74) is 6.38. The minimum atomic E-state index is -2.51. The summed E-state index contributed by atoms with van der Waals surface area (Å²) < 4.78 is 30.2. The third-order valence-corrected chi connectivity index (χ3v) is 2.91. The van der Waals surface area contributed by atoms with Crippen LogP contribution in [0.2, 0.25) is 0 Å². The van der Waals surface area contributed by atoms with Gasteiger partial charge in [-0.2, -0.15) is 0 Å². The van der Waals surface area contributed by atoms with Gasteiger partial charge in [0.25, 0.3) is 6.43 Å². The molecule has 5 nitrogen and oxygen atoms in total. The molecule has 0 radical (unpaired) electrons. The molecule has 120 valence electrons. The SMILES string of the molecule is NCc1ccccc1OCC(O)CN(CCO)CC(F)F. The highest BCUT2D eigenvalue weighted by atomic mass is 19.3. The van der Waals surface area contributed by atoms with Crippen LogP contribution in [0, 0.1) is 0 Å². The second-order valence-corrected chi connectivity index (χ2v) is 4.65. The zero-order valence-electron chi connectivity index (χ0n) is 11.8. The van der Waals surface area contributed by atoms with E-state index >= 15 is 0 Å². The summed E-state index contributed by atoms with van der Waals surface area (Å²) in [7, 11) is 0. The van der Waals surface area contributed by atoms with E-state index in [-0.39, 0.29) is 26.3 Å². The molecule has 0 saturated heterocycles. The van der Waals surface area contributed by atoms with E-state index in [0.29, 0.717) is 12.3 Å². The molecule has 0 saturated carbocycles. The van der Waals surface area contributed by atoms with Gasteiger partial charge in [0.2, 0.25) is 0 Å². The molecule has 0 aliphatic rings. The summed E-state index contributed by atoms with van der Waals surface area (Å²) in [6, 6.07) is 7.17. The highest BCUT2D eigenvalue weighted by molar-refractivity contribution is 5.32. The van der Waals surface area contributed by atoms with Crippen molar-refractivity contribution in [2.45, 2.75) is 19.1 Å². The molecule has 1 rings (SSSR count). The molecule has 0 bridgehead atoms. The highest BCUT2D eigenvalue weighted by Gasteiger charge is 2.16. The first-order valence-electron chi connectivity index (χ1n) is 6.77. The lowest BCUT2D eigenvalue weighted by Crippen LogP contribution is -2.39. The number of para-hydroxylation sites is 1. The number of aliphatic hydroxyl groups is 2. The summed E-state index contributed by atoms with van der Waals surface area (Å²) in [5, 5.41) is 18.7. The van der Waals surface area contributed by atoms with Gasteiger partial charge in [-0.3, -0.25) is 4.90 Å². The number of rotatable bonds is 10. The maximum absolute atomic E-state index is 12.4. The molecular formula is C14H22F2N2O3. The second-order valence-electron chi connectivity index (χ2n) is 4.65. The highest BCUT2D eigenvalue weighted by Crippen LogP contribution is 2.17. The summed E-state index contributed by atoms with van der Waals surface area (Å²) in [5.74, 6) is 0.571. The van der Waals surface area contributed by atoms with Crippen molar-refractivity contribution in [2.75, 3.05) is 32.8 Å². The largest absolute Gasteiger partial charge is 0.491 e. The smallest absolute Gasteiger partial charge is 0.251 e. The quantitative estimate of drug-likeness (QED) is 0.585. The number of benzene rings is 1. The number of halogens is 2. The maximum atomic E-state index is 12.4. The summed E-state index contributed by atoms with van der Waals surface area (Å²) in [6.45, 7) is -0.347. The maximum Gasteiger partial charge on any atom is 0.251 e. The predicted molar refractivity (Wildman–Crippen MR) is 75.4 cm³/mol. The fourth-order valence-corrected chi connectivity index (χ4v) is 1.94. The third kappa shape index (κ3) is 6.81. The number of nitrogens with zero attached hydrogens (tertiary/aromatic N) is 1. The van der Waals surface area contributed by atoms with Crippen LogP contribution in [0.1, 0.15) is 5.56 Å². The molecule has 0 spiro atoms. The fraction of sp³-hybridized carbons (Fsp3) is 0.571. The van der Waals surface area contributed by atoms with Gasteiger partial charge in [0.05, 0.1) is 13.2 Å². The molecule has 1 atom stereocenters. The normalized spacial score (nSPS) is 12.9. The van der Waals surface area contributed by atoms with Crippen LogP contribution in [0.15, 0.2) is 24.3 Å². The van der Waals surface area contributed by atoms with Crippen molar-refractivity contribution in [1.29, 1.82) is 0 Å². The van der Waals surface area contributed by atoms with Gasteiger partial charge in [-0.05, 0) is 6.07 Å². The van der Waals surface area contributed by atoms with E-state index in [4.69, 9.17) is 15.6 Å². The minimum Gasteiger partial charge on any atom is -0.491 e. The number of hydrogen-bond donors (Lipinski definition) is 3. The van der Waals surface area contributed by atoms with Crippen LogP contribution in [-0.2, 0) is 6.54 Å². The van der Waals surface area contributed by atoms with Crippen LogP contribution in [0.5, 0.6) is 5.75 Å². The zero-order valence-corrected chi connectivity index (χ0v) is 11.8. The Morgan fingerprint density at radius 3 is 2.57 bits per heavy atom. The molecule has 0 aromatic heterocycles. The van der Waals surface area contributed by atoms with Gasteiger partial charge < -0.3 is 20.7 Å². The van der Waals surface area contributed by atoms with Crippen molar-refractivity contribution in [3.63, 3.8) is 0 Å². The fourth-order valence-electron chi connectivity index (χ4n) is 1.94. The summed E-state index contributed by atoms with van der Waals surface area (Å²) in [6.07, 6.45) is -3.44. The van der Waals surface area contributed by atoms with Crippen LogP contribution in [0.3, 0.4) is 0 Å². The number of ether oxygens (including phenoxy) is 1. The second kappa shape index (κ2) is 9.62. The van der Waals surface area contributed by atoms with Crippen molar-refractivity contribution in [1.82, 2.24) is 4.90 Å². The van der Waals surface area contributed by atoms with Gasteiger partial charge in [0.1, 0.15) is 18.5 Å². The molecule has 7 heteroatoms. The molecule has 0 heterocycles. The van der Waals surface area contributed by atoms with Crippen molar-refractivity contribution >= 4 is 0 Å². The van der Waals surface area contributed by atoms with Crippen molar-refractivity contribution in [2.24, 2.45) is 5.73 Å². The molecular weight excluding hydrogens is 282 g/mol. The van der Waals surface area contributed by atoms with Gasteiger partial charge in [0.15, 0.2) is 0 Å². The van der Waals surface area contributed by atoms with Crippen LogP contribution >= 0.6 is 0 Å². The molecule has 0 aliphatic heterocycles. The summed E-state index contributed by atoms with van der Waals surface area (Å²) in [4.78, 5) is 1.30. The van der Waals surface area contributed by atoms with E-state index in [1.807, 2.05) is 12.1 Å². The average Bonchev–Trinajstić information content (AvgIpc) is 2.45. The lowest BCUT2D eigenvalue weighted by atomic mass is 10.2. The van der Waals surface area contributed by atoms with Crippen LogP contribution in [-0.4, -0.2) is 60.5 Å². The first-order chi connectivity index (χ1) is 10.1. The Morgan fingerprint density at radius 1 is 1.24 bits per heavy atom. The zero-order chi connectivity index (χ0) is 15.7. The van der Waals surface area contributed by atoms with E-state index in [9.17, 15) is 13.9 Å². The summed E-state index contributed by atoms with van der Waals surface area (Å²) >= 11 is 0. The third-order valence-electron chi connectivity index (χ3n) is 2.91. The number of aliphatic hydroxyl groups excluding tert-OH is 2. The Balaban J connectivity index is 2.46. The molecule has 4 N–H and O–H groups in total. The molecule has 1 aromatic carbocycles. The lowest BCUT2D eigenvalue weighted by Gasteiger charge is -2.24. The van der Waals surface area contributed by atoms with Gasteiger partial charge in [-0.25, -0.2) is 8.78 Å². The molecule has 0 aliphatic carbocycles. The topological polar surface area (TPSA) is 79.0 Å². The Morgan fingerprint density at radius 2 is 1.95 bits per heavy atom. The molecule has 21 heavy (non-hydrogen) atoms. The van der Waals surface area contributed by atoms with Gasteiger partial charge in [-0.15, -0.1) is 0 Å². The standard InChI is InChI=1S/C14H22F2N2O3/c15-14(16)9-18(5-6-19)8-12(20)10-21-13-4-2-1-3-11(13)7-17/h1-4,12,14,19-20H,5-10,17H2. The molecule has 1 aromatic rings. The Hall–Kier alpha value is -1.28. The molecule has 1 unspecified atom stereocenters. The average molecular weight is 304 g/mol. The monoisotopic (exact) mass is 304 g/mol. The van der Waals surface area contributed by atoms with Crippen molar-refractivity contribution in [3.05, 3.63) is 29.8 Å². The van der Waals surface area contributed by atoms with Crippen LogP contribution in [0.4, 0.5) is 8.78 Å². The predicted octanol–water partition coefficient (Wildman–Crippen LogP) is 0.444. The van der Waals surface area contributed by atoms with Crippen LogP contribution in [0.25, 0.3) is 0 Å². The number of hydrogen-bond acceptors (Lipinski definition) is 5. The first-order valence-corrected chi connectivity index (χ1v) is 6.77. The van der Waals surface area contributed by atoms with Gasteiger partial charge >= 0.3 is 0 Å². The van der Waals surface area contributed by atoms with Gasteiger partial charge in [-0.1, -0.05) is 18.2 Å². The van der Waals surface area contributed by atoms with Crippen LogP contribution < -0.4 is 10.5 Å². The van der Waals surface area contributed by atoms with E-state index < -0.39 is 19.1 Å². The minimum absolute atomic E-state index is 0.00961. The first kappa shape index (κ1) is 17.8. The Labute approximate surface area is 122 Å². The Bertz CT molecular complexity index is 408. The molecule has 0 amide bonds. The van der Waals surface area contributed by atoms with Crippen molar-refractivity contribution < 1.29 is 23.7 Å². The van der Waals surface area contributed by atoms with Gasteiger partial charge in [0, 0.05) is 25.2 Å². The van der Waals surface area contributed by atoms with E-state index in [0.717, 1.165) is 5.56 Å². The number of alkyl halides is 2.